The molecule has 0 aliphatic heterocycles. The smallest absolute Gasteiger partial charge is 0.260 e. The lowest BCUT2D eigenvalue weighted by Gasteiger charge is -2.17. The molecule has 0 bridgehead atoms. The normalized spacial score (nSPS) is 10.6. The molecule has 27 heavy (non-hydrogen) atoms. The first kappa shape index (κ1) is 18.7. The van der Waals surface area contributed by atoms with E-state index in [0.29, 0.717) is 13.1 Å². The lowest BCUT2D eigenvalue weighted by atomic mass is 10.1. The highest BCUT2D eigenvalue weighted by molar-refractivity contribution is 5.77. The van der Waals surface area contributed by atoms with Crippen LogP contribution in [0.3, 0.4) is 0 Å². The summed E-state index contributed by atoms with van der Waals surface area (Å²) in [6, 6.07) is 16.1. The summed E-state index contributed by atoms with van der Waals surface area (Å²) in [7, 11) is 1.78. The summed E-state index contributed by atoms with van der Waals surface area (Å²) in [5, 5.41) is 4.38. The third-order valence-electron chi connectivity index (χ3n) is 4.40. The summed E-state index contributed by atoms with van der Waals surface area (Å²) in [4.78, 5) is 14.0. The average molecular weight is 363 g/mol. The van der Waals surface area contributed by atoms with E-state index in [9.17, 15) is 4.79 Å². The zero-order valence-electron chi connectivity index (χ0n) is 16.1. The second-order valence-electron chi connectivity index (χ2n) is 6.84. The molecule has 1 amide bonds. The molecule has 0 spiro atoms. The van der Waals surface area contributed by atoms with Gasteiger partial charge in [0.2, 0.25) is 0 Å². The van der Waals surface area contributed by atoms with Crippen molar-refractivity contribution in [3.63, 3.8) is 0 Å². The number of benzene rings is 2. The van der Waals surface area contributed by atoms with Gasteiger partial charge in [-0.1, -0.05) is 48.0 Å². The Morgan fingerprint density at radius 2 is 1.89 bits per heavy atom. The summed E-state index contributed by atoms with van der Waals surface area (Å²) >= 11 is 0. The van der Waals surface area contributed by atoms with Gasteiger partial charge < -0.3 is 9.64 Å². The van der Waals surface area contributed by atoms with Gasteiger partial charge in [-0.3, -0.25) is 9.48 Å². The molecule has 5 nitrogen and oxygen atoms in total. The first-order valence-corrected chi connectivity index (χ1v) is 9.00. The topological polar surface area (TPSA) is 47.4 Å². The number of carbonyl (C=O) groups excluding carboxylic acids is 1. The van der Waals surface area contributed by atoms with Crippen molar-refractivity contribution < 1.29 is 9.53 Å². The summed E-state index contributed by atoms with van der Waals surface area (Å²) in [6.45, 7) is 5.27. The Hall–Kier alpha value is -3.08. The highest BCUT2D eigenvalue weighted by Gasteiger charge is 2.12. The molecular formula is C22H25N3O2. The van der Waals surface area contributed by atoms with Crippen molar-refractivity contribution >= 4 is 5.91 Å². The SMILES string of the molecule is Cc1ccc(OCC(=O)N(C)Cc2cnn(Cc3ccccc3)c2)c(C)c1. The number of rotatable bonds is 7. The fraction of sp³-hybridized carbons (Fsp3) is 0.273. The average Bonchev–Trinajstić information content (AvgIpc) is 3.08. The molecule has 5 heteroatoms. The van der Waals surface area contributed by atoms with Crippen LogP contribution in [0.1, 0.15) is 22.3 Å². The number of aromatic nitrogens is 2. The molecule has 2 aromatic carbocycles. The number of amides is 1. The molecule has 0 aliphatic carbocycles. The van der Waals surface area contributed by atoms with Crippen LogP contribution in [0.25, 0.3) is 0 Å². The van der Waals surface area contributed by atoms with Crippen molar-refractivity contribution in [3.8, 4) is 5.75 Å². The molecule has 0 aliphatic rings. The van der Waals surface area contributed by atoms with Crippen LogP contribution >= 0.6 is 0 Å². The molecule has 0 radical (unpaired) electrons. The number of ether oxygens (including phenoxy) is 1. The standard InChI is InChI=1S/C22H25N3O2/c1-17-9-10-21(18(2)11-17)27-16-22(26)24(3)13-20-12-23-25(15-20)14-19-7-5-4-6-8-19/h4-12,15H,13-14,16H2,1-3H3. The Morgan fingerprint density at radius 1 is 1.11 bits per heavy atom. The van der Waals surface area contributed by atoms with E-state index in [1.54, 1.807) is 18.1 Å². The largest absolute Gasteiger partial charge is 0.484 e. The van der Waals surface area contributed by atoms with Gasteiger partial charge in [0.05, 0.1) is 12.7 Å². The van der Waals surface area contributed by atoms with Crippen LogP contribution in [0.5, 0.6) is 5.75 Å². The van der Waals surface area contributed by atoms with Crippen LogP contribution in [-0.2, 0) is 17.9 Å². The van der Waals surface area contributed by atoms with Crippen molar-refractivity contribution in [2.24, 2.45) is 0 Å². The summed E-state index contributed by atoms with van der Waals surface area (Å²) in [5.41, 5.74) is 4.40. The highest BCUT2D eigenvalue weighted by atomic mass is 16.5. The third kappa shape index (κ3) is 5.20. The second-order valence-corrected chi connectivity index (χ2v) is 6.84. The maximum atomic E-state index is 12.4. The van der Waals surface area contributed by atoms with Crippen molar-refractivity contribution in [2.45, 2.75) is 26.9 Å². The predicted molar refractivity (Wildman–Crippen MR) is 106 cm³/mol. The van der Waals surface area contributed by atoms with Gasteiger partial charge in [-0.15, -0.1) is 0 Å². The molecule has 1 heterocycles. The number of carbonyl (C=O) groups is 1. The minimum absolute atomic E-state index is 0.0263. The highest BCUT2D eigenvalue weighted by Crippen LogP contribution is 2.18. The number of likely N-dealkylation sites (N-methyl/N-ethyl adjacent to an activating group) is 1. The lowest BCUT2D eigenvalue weighted by molar-refractivity contribution is -0.132. The number of hydrogen-bond donors (Lipinski definition) is 0. The van der Waals surface area contributed by atoms with Gasteiger partial charge in [-0.2, -0.15) is 5.10 Å². The Balaban J connectivity index is 1.52. The Morgan fingerprint density at radius 3 is 2.63 bits per heavy atom. The van der Waals surface area contributed by atoms with Gasteiger partial charge in [-0.05, 0) is 31.0 Å². The summed E-state index contributed by atoms with van der Waals surface area (Å²) < 4.78 is 7.57. The molecule has 0 saturated carbocycles. The van der Waals surface area contributed by atoms with Crippen molar-refractivity contribution in [1.82, 2.24) is 14.7 Å². The quantitative estimate of drug-likeness (QED) is 0.645. The maximum absolute atomic E-state index is 12.4. The Kier molecular flexibility index (Phi) is 5.91. The summed E-state index contributed by atoms with van der Waals surface area (Å²) in [5.74, 6) is 0.684. The molecule has 0 unspecified atom stereocenters. The minimum atomic E-state index is -0.0641. The molecule has 0 atom stereocenters. The summed E-state index contributed by atoms with van der Waals surface area (Å²) in [6.07, 6.45) is 3.78. The maximum Gasteiger partial charge on any atom is 0.260 e. The van der Waals surface area contributed by atoms with Gasteiger partial charge in [0.15, 0.2) is 6.61 Å². The van der Waals surface area contributed by atoms with Gasteiger partial charge >= 0.3 is 0 Å². The number of aryl methyl sites for hydroxylation is 2. The number of hydrogen-bond acceptors (Lipinski definition) is 3. The van der Waals surface area contributed by atoms with E-state index in [1.807, 2.05) is 61.1 Å². The fourth-order valence-electron chi connectivity index (χ4n) is 2.92. The molecule has 0 N–H and O–H groups in total. The van der Waals surface area contributed by atoms with Crippen LogP contribution in [0.4, 0.5) is 0 Å². The van der Waals surface area contributed by atoms with E-state index in [-0.39, 0.29) is 12.5 Å². The molecular weight excluding hydrogens is 338 g/mol. The molecule has 3 aromatic rings. The van der Waals surface area contributed by atoms with Gasteiger partial charge in [-0.25, -0.2) is 0 Å². The van der Waals surface area contributed by atoms with Crippen LogP contribution in [0.15, 0.2) is 60.9 Å². The van der Waals surface area contributed by atoms with Crippen LogP contribution in [0, 0.1) is 13.8 Å². The van der Waals surface area contributed by atoms with E-state index in [4.69, 9.17) is 4.74 Å². The third-order valence-corrected chi connectivity index (χ3v) is 4.40. The van der Waals surface area contributed by atoms with Gasteiger partial charge in [0.1, 0.15) is 5.75 Å². The predicted octanol–water partition coefficient (Wildman–Crippen LogP) is 3.59. The van der Waals surface area contributed by atoms with E-state index < -0.39 is 0 Å². The van der Waals surface area contributed by atoms with Crippen molar-refractivity contribution in [2.75, 3.05) is 13.7 Å². The van der Waals surface area contributed by atoms with E-state index in [2.05, 4.69) is 17.2 Å². The van der Waals surface area contributed by atoms with E-state index >= 15 is 0 Å². The minimum Gasteiger partial charge on any atom is -0.484 e. The molecule has 3 rings (SSSR count). The van der Waals surface area contributed by atoms with Crippen LogP contribution in [0.2, 0.25) is 0 Å². The molecule has 1 aromatic heterocycles. The zero-order valence-corrected chi connectivity index (χ0v) is 16.1. The fourth-order valence-corrected chi connectivity index (χ4v) is 2.92. The van der Waals surface area contributed by atoms with Crippen molar-refractivity contribution in [1.29, 1.82) is 0 Å². The Labute approximate surface area is 160 Å². The molecule has 0 saturated heterocycles. The number of nitrogens with zero attached hydrogens (tertiary/aromatic N) is 3. The van der Waals surface area contributed by atoms with Crippen LogP contribution < -0.4 is 4.74 Å². The first-order valence-electron chi connectivity index (χ1n) is 9.00. The van der Waals surface area contributed by atoms with Crippen molar-refractivity contribution in [3.05, 3.63) is 83.2 Å². The first-order chi connectivity index (χ1) is 13.0. The monoisotopic (exact) mass is 363 g/mol. The van der Waals surface area contributed by atoms with E-state index in [1.165, 1.54) is 11.1 Å². The second kappa shape index (κ2) is 8.54. The van der Waals surface area contributed by atoms with Gasteiger partial charge in [0.25, 0.3) is 5.91 Å². The van der Waals surface area contributed by atoms with E-state index in [0.717, 1.165) is 16.9 Å². The zero-order chi connectivity index (χ0) is 19.2. The Bertz CT molecular complexity index is 903. The van der Waals surface area contributed by atoms with Crippen LogP contribution in [-0.4, -0.2) is 34.2 Å². The molecule has 140 valence electrons. The molecule has 0 fully saturated rings. The van der Waals surface area contributed by atoms with Gasteiger partial charge in [0, 0.05) is 25.4 Å². The lowest BCUT2D eigenvalue weighted by Crippen LogP contribution is -2.30.